The molecule has 2 aromatic carbocycles. The van der Waals surface area contributed by atoms with Crippen molar-refractivity contribution in [2.45, 2.75) is 31.2 Å². The third kappa shape index (κ3) is 4.59. The van der Waals surface area contributed by atoms with Crippen molar-refractivity contribution in [3.8, 4) is 5.75 Å². The molecule has 7 nitrogen and oxygen atoms in total. The molecule has 3 aromatic rings. The van der Waals surface area contributed by atoms with Crippen molar-refractivity contribution in [3.63, 3.8) is 0 Å². The lowest BCUT2D eigenvalue weighted by Crippen LogP contribution is -2.40. The third-order valence-electron chi connectivity index (χ3n) is 4.97. The molecule has 0 fully saturated rings. The van der Waals surface area contributed by atoms with E-state index in [2.05, 4.69) is 10.3 Å². The van der Waals surface area contributed by atoms with Crippen LogP contribution >= 0.6 is 0 Å². The van der Waals surface area contributed by atoms with Crippen LogP contribution in [0.1, 0.15) is 17.8 Å². The van der Waals surface area contributed by atoms with Gasteiger partial charge in [-0.1, -0.05) is 30.3 Å². The highest BCUT2D eigenvalue weighted by atomic mass is 32.2. The van der Waals surface area contributed by atoms with Gasteiger partial charge in [-0.2, -0.15) is 0 Å². The van der Waals surface area contributed by atoms with Gasteiger partial charge < -0.3 is 14.6 Å². The Morgan fingerprint density at radius 1 is 1.21 bits per heavy atom. The van der Waals surface area contributed by atoms with Gasteiger partial charge in [0, 0.05) is 6.26 Å². The van der Waals surface area contributed by atoms with Gasteiger partial charge >= 0.3 is 0 Å². The van der Waals surface area contributed by atoms with E-state index in [4.69, 9.17) is 4.74 Å². The third-order valence-corrected chi connectivity index (χ3v) is 5.75. The summed E-state index contributed by atoms with van der Waals surface area (Å²) >= 11 is 0. The smallest absolute Gasteiger partial charge is 0.240 e. The molecule has 0 aliphatic carbocycles. The van der Waals surface area contributed by atoms with Gasteiger partial charge in [0.05, 0.1) is 17.1 Å². The van der Waals surface area contributed by atoms with E-state index in [1.54, 1.807) is 4.57 Å². The fourth-order valence-corrected chi connectivity index (χ4v) is 4.32. The number of aryl methyl sites for hydroxylation is 1. The summed E-state index contributed by atoms with van der Waals surface area (Å²) in [6.07, 6.45) is 2.77. The van der Waals surface area contributed by atoms with Crippen molar-refractivity contribution < 1.29 is 17.9 Å². The molecule has 0 saturated heterocycles. The highest BCUT2D eigenvalue weighted by Gasteiger charge is 2.21. The normalized spacial score (nSPS) is 16.7. The summed E-state index contributed by atoms with van der Waals surface area (Å²) in [4.78, 5) is 17.2. The van der Waals surface area contributed by atoms with Crippen LogP contribution in [0.2, 0.25) is 0 Å². The molecule has 0 bridgehead atoms. The molecule has 152 valence electrons. The molecule has 1 aliphatic heterocycles. The lowest BCUT2D eigenvalue weighted by Gasteiger charge is -2.17. The Morgan fingerprint density at radius 3 is 2.79 bits per heavy atom. The van der Waals surface area contributed by atoms with Gasteiger partial charge in [0.2, 0.25) is 5.91 Å². The largest absolute Gasteiger partial charge is 0.491 e. The number of hydrogen-bond donors (Lipinski definition) is 1. The highest BCUT2D eigenvalue weighted by Crippen LogP contribution is 2.23. The number of para-hydroxylation sites is 3. The van der Waals surface area contributed by atoms with Gasteiger partial charge in [-0.15, -0.1) is 0 Å². The first-order valence-corrected chi connectivity index (χ1v) is 11.6. The molecule has 2 heterocycles. The molecule has 1 aromatic heterocycles. The molecule has 29 heavy (non-hydrogen) atoms. The molecule has 8 heteroatoms. The molecule has 1 amide bonds. The van der Waals surface area contributed by atoms with Crippen LogP contribution in [-0.4, -0.2) is 42.8 Å². The first-order chi connectivity index (χ1) is 13.9. The van der Waals surface area contributed by atoms with Gasteiger partial charge in [0.1, 0.15) is 30.5 Å². The van der Waals surface area contributed by atoms with Gasteiger partial charge in [-0.3, -0.25) is 4.79 Å². The number of carbonyl (C=O) groups excluding carboxylic acids is 1. The number of fused-ring (bicyclic) bond motifs is 2. The summed E-state index contributed by atoms with van der Waals surface area (Å²) < 4.78 is 31.1. The maximum atomic E-state index is 12.8. The number of aromatic nitrogens is 2. The van der Waals surface area contributed by atoms with Crippen molar-refractivity contribution in [3.05, 3.63) is 59.9 Å². The Kier molecular flexibility index (Phi) is 5.27. The number of sulfone groups is 1. The van der Waals surface area contributed by atoms with Crippen molar-refractivity contribution in [1.29, 1.82) is 0 Å². The minimum absolute atomic E-state index is 0.00875. The molecule has 1 unspecified atom stereocenters. The fraction of sp³-hybridized carbons (Fsp3) is 0.333. The molecule has 0 saturated carbocycles. The fourth-order valence-electron chi connectivity index (χ4n) is 3.63. The maximum Gasteiger partial charge on any atom is 0.240 e. The van der Waals surface area contributed by atoms with E-state index in [0.29, 0.717) is 17.9 Å². The standard InChI is InChI=1S/C21H23N3O4S/c1-29(26,27)14-20-23-17-7-3-4-8-18(17)24(20)12-21(25)22-16-11-10-15-6-2-5-9-19(15)28-13-16/h2-9,16H,10-14H2,1H3,(H,22,25). The van der Waals surface area contributed by atoms with E-state index in [1.165, 1.54) is 0 Å². The highest BCUT2D eigenvalue weighted by molar-refractivity contribution is 7.89. The molecular weight excluding hydrogens is 390 g/mol. The number of benzene rings is 2. The quantitative estimate of drug-likeness (QED) is 0.692. The number of amides is 1. The monoisotopic (exact) mass is 413 g/mol. The number of hydrogen-bond acceptors (Lipinski definition) is 5. The van der Waals surface area contributed by atoms with Crippen LogP contribution in [0.4, 0.5) is 0 Å². The van der Waals surface area contributed by atoms with Crippen molar-refractivity contribution in [1.82, 2.24) is 14.9 Å². The Hall–Kier alpha value is -2.87. The second-order valence-electron chi connectivity index (χ2n) is 7.39. The summed E-state index contributed by atoms with van der Waals surface area (Å²) in [5, 5.41) is 3.02. The van der Waals surface area contributed by atoms with Crippen molar-refractivity contribution in [2.24, 2.45) is 0 Å². The van der Waals surface area contributed by atoms with Crippen LogP contribution in [0, 0.1) is 0 Å². The SMILES string of the molecule is CS(=O)(=O)Cc1nc2ccccc2n1CC(=O)NC1CCc2ccccc2OC1. The number of carbonyl (C=O) groups is 1. The van der Waals surface area contributed by atoms with Crippen LogP contribution in [-0.2, 0) is 33.4 Å². The van der Waals surface area contributed by atoms with E-state index in [0.717, 1.165) is 35.9 Å². The zero-order valence-electron chi connectivity index (χ0n) is 16.2. The zero-order chi connectivity index (χ0) is 20.4. The first kappa shape index (κ1) is 19.4. The predicted molar refractivity (Wildman–Crippen MR) is 110 cm³/mol. The molecule has 1 N–H and O–H groups in total. The van der Waals surface area contributed by atoms with Gasteiger partial charge in [-0.05, 0) is 36.6 Å². The van der Waals surface area contributed by atoms with E-state index < -0.39 is 9.84 Å². The molecule has 4 rings (SSSR count). The Labute approximate surface area is 169 Å². The lowest BCUT2D eigenvalue weighted by molar-refractivity contribution is -0.122. The van der Waals surface area contributed by atoms with Crippen LogP contribution < -0.4 is 10.1 Å². The average Bonchev–Trinajstić information content (AvgIpc) is 2.86. The zero-order valence-corrected chi connectivity index (χ0v) is 17.0. The second-order valence-corrected chi connectivity index (χ2v) is 9.53. The number of rotatable bonds is 5. The van der Waals surface area contributed by atoms with Crippen molar-refractivity contribution in [2.75, 3.05) is 12.9 Å². The lowest BCUT2D eigenvalue weighted by atomic mass is 10.1. The van der Waals surface area contributed by atoms with Crippen LogP contribution in [0.5, 0.6) is 5.75 Å². The Morgan fingerprint density at radius 2 is 1.97 bits per heavy atom. The van der Waals surface area contributed by atoms with Crippen molar-refractivity contribution >= 4 is 26.8 Å². The number of ether oxygens (including phenoxy) is 1. The number of nitrogens with zero attached hydrogens (tertiary/aromatic N) is 2. The first-order valence-electron chi connectivity index (χ1n) is 9.51. The topological polar surface area (TPSA) is 90.3 Å². The summed E-state index contributed by atoms with van der Waals surface area (Å²) in [5.41, 5.74) is 2.55. The summed E-state index contributed by atoms with van der Waals surface area (Å²) in [6, 6.07) is 15.1. The molecular formula is C21H23N3O4S. The number of imidazole rings is 1. The predicted octanol–water partition coefficient (Wildman–Crippen LogP) is 2.09. The van der Waals surface area contributed by atoms with E-state index >= 15 is 0 Å². The molecule has 1 atom stereocenters. The minimum atomic E-state index is -3.28. The van der Waals surface area contributed by atoms with Crippen LogP contribution in [0.25, 0.3) is 11.0 Å². The summed E-state index contributed by atoms with van der Waals surface area (Å²) in [5.74, 6) is 0.827. The van der Waals surface area contributed by atoms with Crippen LogP contribution in [0.3, 0.4) is 0 Å². The summed E-state index contributed by atoms with van der Waals surface area (Å²) in [6.45, 7) is 0.415. The van der Waals surface area contributed by atoms with E-state index in [1.807, 2.05) is 48.5 Å². The molecule has 1 aliphatic rings. The van der Waals surface area contributed by atoms with Gasteiger partial charge in [-0.25, -0.2) is 13.4 Å². The molecule has 0 radical (unpaired) electrons. The Bertz CT molecular complexity index is 1130. The van der Waals surface area contributed by atoms with Crippen LogP contribution in [0.15, 0.2) is 48.5 Å². The van der Waals surface area contributed by atoms with E-state index in [-0.39, 0.29) is 24.2 Å². The maximum absolute atomic E-state index is 12.8. The Balaban J connectivity index is 1.50. The van der Waals surface area contributed by atoms with Gasteiger partial charge in [0.25, 0.3) is 0 Å². The van der Waals surface area contributed by atoms with Gasteiger partial charge in [0.15, 0.2) is 9.84 Å². The minimum Gasteiger partial charge on any atom is -0.491 e. The van der Waals surface area contributed by atoms with E-state index in [9.17, 15) is 13.2 Å². The summed E-state index contributed by atoms with van der Waals surface area (Å²) in [7, 11) is -3.28. The molecule has 0 spiro atoms. The average molecular weight is 413 g/mol. The number of nitrogens with one attached hydrogen (secondary N) is 1. The second kappa shape index (κ2) is 7.87.